The number of hydrogen-bond donors (Lipinski definition) is 2. The van der Waals surface area contributed by atoms with Gasteiger partial charge < -0.3 is 10.6 Å². The average Bonchev–Trinajstić information content (AvgIpc) is 2.60. The molecule has 0 fully saturated rings. The first-order valence-corrected chi connectivity index (χ1v) is 9.27. The Kier molecular flexibility index (Phi) is 13.5. The van der Waals surface area contributed by atoms with Crippen LogP contribution >= 0.6 is 0 Å². The van der Waals surface area contributed by atoms with Gasteiger partial charge in [-0.3, -0.25) is 0 Å². The molecule has 0 heterocycles. The standard InChI is InChI=1S/C20H34N4/c1-5-17(3)19(11-13-21)23-15-9-7-8-10-16-24-20(12-14-22)18(4)6-2/h11-12,17-18,23-24H,5-10,15-16H2,1-4H3/b19-11+,20-12+. The van der Waals surface area contributed by atoms with Gasteiger partial charge in [0.15, 0.2) is 0 Å². The van der Waals surface area contributed by atoms with Gasteiger partial charge in [-0.05, 0) is 37.5 Å². The van der Waals surface area contributed by atoms with Crippen molar-refractivity contribution in [2.24, 2.45) is 11.8 Å². The quantitative estimate of drug-likeness (QED) is 0.381. The van der Waals surface area contributed by atoms with E-state index in [1.165, 1.54) is 12.8 Å². The highest BCUT2D eigenvalue weighted by Crippen LogP contribution is 2.12. The van der Waals surface area contributed by atoms with Crippen LogP contribution in [0.2, 0.25) is 0 Å². The Morgan fingerprint density at radius 2 is 1.17 bits per heavy atom. The highest BCUT2D eigenvalue weighted by atomic mass is 14.9. The summed E-state index contributed by atoms with van der Waals surface area (Å²) in [5, 5.41) is 24.4. The summed E-state index contributed by atoms with van der Waals surface area (Å²) in [6.07, 6.45) is 9.94. The minimum Gasteiger partial charge on any atom is -0.388 e. The maximum absolute atomic E-state index is 8.82. The molecule has 0 spiro atoms. The fraction of sp³-hybridized carbons (Fsp3) is 0.700. The SMILES string of the molecule is CCC(C)/C(=C\C#N)NCCCCCCN/C(=C/C#N)C(C)CC. The second kappa shape index (κ2) is 14.6. The van der Waals surface area contributed by atoms with E-state index in [9.17, 15) is 0 Å². The van der Waals surface area contributed by atoms with Gasteiger partial charge in [0.05, 0.1) is 12.1 Å². The highest BCUT2D eigenvalue weighted by Gasteiger charge is 2.06. The van der Waals surface area contributed by atoms with Crippen molar-refractivity contribution in [3.8, 4) is 12.1 Å². The Balaban J connectivity index is 3.85. The zero-order valence-electron chi connectivity index (χ0n) is 15.9. The molecule has 0 aliphatic heterocycles. The van der Waals surface area contributed by atoms with Crippen molar-refractivity contribution in [1.82, 2.24) is 10.6 Å². The predicted molar refractivity (Wildman–Crippen MR) is 101 cm³/mol. The molecular formula is C20H34N4. The third-order valence-corrected chi connectivity index (χ3v) is 4.49. The molecule has 2 unspecified atom stereocenters. The van der Waals surface area contributed by atoms with Crippen molar-refractivity contribution in [3.63, 3.8) is 0 Å². The second-order valence-electron chi connectivity index (χ2n) is 6.34. The van der Waals surface area contributed by atoms with E-state index in [2.05, 4.69) is 50.5 Å². The molecule has 0 radical (unpaired) electrons. The third-order valence-electron chi connectivity index (χ3n) is 4.49. The second-order valence-corrected chi connectivity index (χ2v) is 6.34. The van der Waals surface area contributed by atoms with Crippen molar-refractivity contribution >= 4 is 0 Å². The summed E-state index contributed by atoms with van der Waals surface area (Å²) in [5.41, 5.74) is 2.11. The highest BCUT2D eigenvalue weighted by molar-refractivity contribution is 5.14. The normalized spacial score (nSPS) is 14.4. The molecule has 0 aliphatic carbocycles. The largest absolute Gasteiger partial charge is 0.388 e. The molecule has 0 aliphatic rings. The van der Waals surface area contributed by atoms with Crippen molar-refractivity contribution in [2.75, 3.05) is 13.1 Å². The first kappa shape index (κ1) is 22.1. The summed E-state index contributed by atoms with van der Waals surface area (Å²) in [5.74, 6) is 0.833. The lowest BCUT2D eigenvalue weighted by Gasteiger charge is -2.16. The van der Waals surface area contributed by atoms with Gasteiger partial charge in [-0.1, -0.05) is 40.5 Å². The van der Waals surface area contributed by atoms with Crippen LogP contribution in [0.1, 0.15) is 66.2 Å². The number of rotatable bonds is 13. The lowest BCUT2D eigenvalue weighted by molar-refractivity contribution is 0.542. The van der Waals surface area contributed by atoms with Crippen LogP contribution in [0.3, 0.4) is 0 Å². The molecule has 134 valence electrons. The molecule has 24 heavy (non-hydrogen) atoms. The van der Waals surface area contributed by atoms with Crippen LogP contribution < -0.4 is 10.6 Å². The van der Waals surface area contributed by atoms with Gasteiger partial charge in [0.2, 0.25) is 0 Å². The van der Waals surface area contributed by atoms with E-state index in [4.69, 9.17) is 10.5 Å². The number of unbranched alkanes of at least 4 members (excludes halogenated alkanes) is 3. The van der Waals surface area contributed by atoms with E-state index >= 15 is 0 Å². The van der Waals surface area contributed by atoms with Crippen LogP contribution in [-0.4, -0.2) is 13.1 Å². The van der Waals surface area contributed by atoms with Crippen LogP contribution in [0.5, 0.6) is 0 Å². The zero-order chi connectivity index (χ0) is 18.2. The molecule has 0 saturated heterocycles. The van der Waals surface area contributed by atoms with E-state index in [0.717, 1.165) is 50.2 Å². The average molecular weight is 331 g/mol. The topological polar surface area (TPSA) is 71.6 Å². The molecule has 0 amide bonds. The summed E-state index contributed by atoms with van der Waals surface area (Å²) in [6.45, 7) is 10.4. The maximum Gasteiger partial charge on any atom is 0.0930 e. The minimum absolute atomic E-state index is 0.416. The van der Waals surface area contributed by atoms with Crippen molar-refractivity contribution in [3.05, 3.63) is 23.5 Å². The third kappa shape index (κ3) is 9.95. The molecule has 0 saturated carbocycles. The van der Waals surface area contributed by atoms with Crippen LogP contribution in [0.4, 0.5) is 0 Å². The van der Waals surface area contributed by atoms with Gasteiger partial charge in [0.25, 0.3) is 0 Å². The number of hydrogen-bond acceptors (Lipinski definition) is 4. The molecule has 0 aromatic heterocycles. The summed E-state index contributed by atoms with van der Waals surface area (Å²) in [7, 11) is 0. The van der Waals surface area contributed by atoms with E-state index in [-0.39, 0.29) is 0 Å². The van der Waals surface area contributed by atoms with Gasteiger partial charge in [-0.15, -0.1) is 0 Å². The van der Waals surface area contributed by atoms with Crippen molar-refractivity contribution in [2.45, 2.75) is 66.2 Å². The van der Waals surface area contributed by atoms with Gasteiger partial charge in [-0.2, -0.15) is 10.5 Å². The maximum atomic E-state index is 8.82. The molecule has 0 rings (SSSR count). The monoisotopic (exact) mass is 330 g/mol. The minimum atomic E-state index is 0.416. The molecule has 0 aromatic rings. The van der Waals surface area contributed by atoms with Crippen molar-refractivity contribution in [1.29, 1.82) is 10.5 Å². The van der Waals surface area contributed by atoms with Gasteiger partial charge >= 0.3 is 0 Å². The Morgan fingerprint density at radius 1 is 0.792 bits per heavy atom. The molecule has 4 heteroatoms. The molecule has 2 N–H and O–H groups in total. The zero-order valence-corrected chi connectivity index (χ0v) is 15.9. The van der Waals surface area contributed by atoms with Crippen LogP contribution in [0.15, 0.2) is 23.5 Å². The fourth-order valence-electron chi connectivity index (χ4n) is 2.38. The van der Waals surface area contributed by atoms with E-state index in [1.807, 2.05) is 0 Å². The van der Waals surface area contributed by atoms with E-state index < -0.39 is 0 Å². The molecular weight excluding hydrogens is 296 g/mol. The Bertz CT molecular complexity index is 421. The molecule has 0 bridgehead atoms. The first-order chi connectivity index (χ1) is 11.6. The van der Waals surface area contributed by atoms with Crippen LogP contribution in [0, 0.1) is 34.5 Å². The summed E-state index contributed by atoms with van der Waals surface area (Å²) in [6, 6.07) is 4.25. The molecule has 2 atom stereocenters. The van der Waals surface area contributed by atoms with Gasteiger partial charge in [-0.25, -0.2) is 0 Å². The van der Waals surface area contributed by atoms with Crippen LogP contribution in [-0.2, 0) is 0 Å². The predicted octanol–water partition coefficient (Wildman–Crippen LogP) is 4.63. The summed E-state index contributed by atoms with van der Waals surface area (Å²) in [4.78, 5) is 0. The summed E-state index contributed by atoms with van der Waals surface area (Å²) < 4.78 is 0. The Morgan fingerprint density at radius 3 is 1.46 bits per heavy atom. The molecule has 4 nitrogen and oxygen atoms in total. The van der Waals surface area contributed by atoms with E-state index in [1.54, 1.807) is 12.2 Å². The first-order valence-electron chi connectivity index (χ1n) is 9.27. The number of nitriles is 2. The van der Waals surface area contributed by atoms with Gasteiger partial charge in [0, 0.05) is 36.6 Å². The van der Waals surface area contributed by atoms with E-state index in [0.29, 0.717) is 11.8 Å². The fourth-order valence-corrected chi connectivity index (χ4v) is 2.38. The number of allylic oxidation sites excluding steroid dienone is 4. The van der Waals surface area contributed by atoms with Crippen molar-refractivity contribution < 1.29 is 0 Å². The Labute approximate surface area is 148 Å². The number of nitrogens with one attached hydrogen (secondary N) is 2. The van der Waals surface area contributed by atoms with Gasteiger partial charge in [0.1, 0.15) is 0 Å². The smallest absolute Gasteiger partial charge is 0.0930 e. The number of nitrogens with zero attached hydrogens (tertiary/aromatic N) is 2. The van der Waals surface area contributed by atoms with Crippen LogP contribution in [0.25, 0.3) is 0 Å². The lowest BCUT2D eigenvalue weighted by Crippen LogP contribution is -2.20. The summed E-state index contributed by atoms with van der Waals surface area (Å²) >= 11 is 0. The molecule has 0 aromatic carbocycles. The Hall–Kier alpha value is -1.94. The lowest BCUT2D eigenvalue weighted by atomic mass is 10.0.